The number of ether oxygens (including phenoxy) is 1. The van der Waals surface area contributed by atoms with Gasteiger partial charge in [-0.3, -0.25) is 14.2 Å². The van der Waals surface area contributed by atoms with E-state index in [1.165, 1.54) is 30.3 Å². The van der Waals surface area contributed by atoms with Gasteiger partial charge in [-0.05, 0) is 35.2 Å². The number of hydrogen-bond acceptors (Lipinski definition) is 8. The molecule has 34 heavy (non-hydrogen) atoms. The fourth-order valence-corrected chi connectivity index (χ4v) is 3.66. The summed E-state index contributed by atoms with van der Waals surface area (Å²) in [4.78, 5) is 39.3. The highest BCUT2D eigenvalue weighted by Gasteiger charge is 2.37. The zero-order valence-electron chi connectivity index (χ0n) is 17.4. The predicted molar refractivity (Wildman–Crippen MR) is 116 cm³/mol. The number of benzene rings is 3. The summed E-state index contributed by atoms with van der Waals surface area (Å²) in [7, 11) is 0. The molecule has 0 saturated heterocycles. The van der Waals surface area contributed by atoms with Crippen molar-refractivity contribution in [3.8, 4) is 17.0 Å². The Kier molecular flexibility index (Phi) is 5.02. The van der Waals surface area contributed by atoms with E-state index in [9.17, 15) is 24.7 Å². The molecule has 0 saturated carbocycles. The Morgan fingerprint density at radius 1 is 1.00 bits per heavy atom. The first kappa shape index (κ1) is 20.9. The van der Waals surface area contributed by atoms with E-state index < -0.39 is 30.1 Å². The minimum Gasteiger partial charge on any atom is -0.507 e. The molecule has 1 aliphatic rings. The Balaban J connectivity index is 1.40. The second-order valence-electron chi connectivity index (χ2n) is 7.36. The van der Waals surface area contributed by atoms with Crippen LogP contribution in [0.15, 0.2) is 77.4 Å². The average molecular weight is 457 g/mol. The molecule has 2 heterocycles. The van der Waals surface area contributed by atoms with Gasteiger partial charge in [-0.25, -0.2) is 9.69 Å². The van der Waals surface area contributed by atoms with E-state index >= 15 is 0 Å². The largest absolute Gasteiger partial charge is 0.507 e. The number of phenolic OH excluding ortho intramolecular Hbond substituents is 1. The van der Waals surface area contributed by atoms with Crippen molar-refractivity contribution in [2.24, 2.45) is 0 Å². The first-order valence-electron chi connectivity index (χ1n) is 10.1. The number of rotatable bonds is 5. The van der Waals surface area contributed by atoms with Crippen molar-refractivity contribution in [3.63, 3.8) is 0 Å². The van der Waals surface area contributed by atoms with Crippen LogP contribution in [0.4, 0.5) is 5.69 Å². The van der Waals surface area contributed by atoms with Crippen LogP contribution < -0.4 is 9.80 Å². The van der Waals surface area contributed by atoms with Gasteiger partial charge in [-0.2, -0.15) is 0 Å². The van der Waals surface area contributed by atoms with Crippen molar-refractivity contribution >= 4 is 23.5 Å². The number of carbonyl (C=O) groups is 3. The zero-order valence-corrected chi connectivity index (χ0v) is 17.4. The molecule has 4 aromatic rings. The topological polar surface area (TPSA) is 137 Å². The van der Waals surface area contributed by atoms with Crippen molar-refractivity contribution in [2.75, 3.05) is 4.90 Å². The number of carbonyl (C=O) groups excluding carboxylic acids is 3. The smallest absolute Gasteiger partial charge is 0.342 e. The number of amides is 2. The Bertz CT molecular complexity index is 1410. The Hall–Kier alpha value is -4.99. The van der Waals surface area contributed by atoms with E-state index in [0.29, 0.717) is 5.56 Å². The van der Waals surface area contributed by atoms with Crippen molar-refractivity contribution in [1.29, 1.82) is 0 Å². The number of aromatic hydroxyl groups is 1. The lowest BCUT2D eigenvalue weighted by molar-refractivity contribution is -0.808. The van der Waals surface area contributed by atoms with Gasteiger partial charge >= 0.3 is 5.97 Å². The van der Waals surface area contributed by atoms with E-state index in [1.54, 1.807) is 42.5 Å². The third-order valence-electron chi connectivity index (χ3n) is 5.34. The fourth-order valence-electron chi connectivity index (χ4n) is 3.66. The standard InChI is InChI=1S/C24H15N3O7/c28-20-11-10-15(26-22(29)16-8-4-5-9-17(16)23(26)30)12-18(20)24(31)33-13-19-21(25-34-27(19)32)14-6-2-1-3-7-14/h1-12,28H,13H2. The second-order valence-corrected chi connectivity index (χ2v) is 7.36. The molecule has 5 rings (SSSR count). The molecule has 1 aromatic heterocycles. The highest BCUT2D eigenvalue weighted by Crippen LogP contribution is 2.31. The minimum absolute atomic E-state index is 0.0458. The molecule has 0 bridgehead atoms. The summed E-state index contributed by atoms with van der Waals surface area (Å²) in [5.41, 5.74) is 1.02. The van der Waals surface area contributed by atoms with Crippen molar-refractivity contribution in [3.05, 3.63) is 100 Å². The summed E-state index contributed by atoms with van der Waals surface area (Å²) < 4.78 is 9.86. The van der Waals surface area contributed by atoms with E-state index in [2.05, 4.69) is 9.79 Å². The van der Waals surface area contributed by atoms with Crippen LogP contribution in [0.5, 0.6) is 5.75 Å². The van der Waals surface area contributed by atoms with Crippen LogP contribution in [-0.2, 0) is 11.3 Å². The molecule has 1 N–H and O–H groups in total. The number of fused-ring (bicyclic) bond motifs is 1. The van der Waals surface area contributed by atoms with Gasteiger partial charge in [0.1, 0.15) is 11.3 Å². The lowest BCUT2D eigenvalue weighted by Crippen LogP contribution is -2.30. The third-order valence-corrected chi connectivity index (χ3v) is 5.34. The second kappa shape index (κ2) is 8.17. The summed E-state index contributed by atoms with van der Waals surface area (Å²) in [5.74, 6) is -2.49. The lowest BCUT2D eigenvalue weighted by Gasteiger charge is -2.15. The molecule has 10 heteroatoms. The normalized spacial score (nSPS) is 12.6. The Morgan fingerprint density at radius 2 is 1.65 bits per heavy atom. The van der Waals surface area contributed by atoms with Crippen LogP contribution in [-0.4, -0.2) is 28.0 Å². The Labute approximate surface area is 191 Å². The van der Waals surface area contributed by atoms with Gasteiger partial charge < -0.3 is 15.1 Å². The molecule has 10 nitrogen and oxygen atoms in total. The number of aromatic nitrogens is 2. The maximum Gasteiger partial charge on any atom is 0.342 e. The molecule has 0 aliphatic carbocycles. The quantitative estimate of drug-likeness (QED) is 0.274. The van der Waals surface area contributed by atoms with Gasteiger partial charge in [0.15, 0.2) is 6.61 Å². The summed E-state index contributed by atoms with van der Waals surface area (Å²) in [5, 5.41) is 25.9. The maximum atomic E-state index is 12.7. The van der Waals surface area contributed by atoms with Gasteiger partial charge in [-0.1, -0.05) is 42.5 Å². The highest BCUT2D eigenvalue weighted by molar-refractivity contribution is 6.34. The third kappa shape index (κ3) is 3.43. The van der Waals surface area contributed by atoms with E-state index in [1.807, 2.05) is 0 Å². The molecule has 0 unspecified atom stereocenters. The van der Waals surface area contributed by atoms with Gasteiger partial charge in [0.2, 0.25) is 5.69 Å². The first-order valence-corrected chi connectivity index (χ1v) is 10.1. The van der Waals surface area contributed by atoms with Crippen molar-refractivity contribution in [1.82, 2.24) is 5.16 Å². The van der Waals surface area contributed by atoms with Crippen molar-refractivity contribution in [2.45, 2.75) is 6.61 Å². The summed E-state index contributed by atoms with van der Waals surface area (Å²) in [6.45, 7) is -0.493. The molecule has 0 radical (unpaired) electrons. The molecule has 168 valence electrons. The van der Waals surface area contributed by atoms with Gasteiger partial charge in [0.05, 0.1) is 16.8 Å². The lowest BCUT2D eigenvalue weighted by atomic mass is 10.1. The number of anilines is 1. The average Bonchev–Trinajstić information content (AvgIpc) is 3.35. The predicted octanol–water partition coefficient (Wildman–Crippen LogP) is 2.84. The van der Waals surface area contributed by atoms with Crippen LogP contribution in [0, 0.1) is 5.21 Å². The van der Waals surface area contributed by atoms with Gasteiger partial charge in [0.25, 0.3) is 17.5 Å². The van der Waals surface area contributed by atoms with Crippen LogP contribution in [0.3, 0.4) is 0 Å². The van der Waals surface area contributed by atoms with Gasteiger partial charge in [0, 0.05) is 10.7 Å². The Morgan fingerprint density at radius 3 is 2.32 bits per heavy atom. The number of esters is 1. The molecular formula is C24H15N3O7. The minimum atomic E-state index is -0.976. The number of nitrogens with zero attached hydrogens (tertiary/aromatic N) is 3. The number of imide groups is 1. The molecule has 0 fully saturated rings. The molecule has 0 atom stereocenters. The summed E-state index contributed by atoms with van der Waals surface area (Å²) in [6, 6.07) is 18.8. The van der Waals surface area contributed by atoms with E-state index in [4.69, 9.17) is 4.74 Å². The highest BCUT2D eigenvalue weighted by atomic mass is 16.8. The van der Waals surface area contributed by atoms with Crippen LogP contribution in [0.1, 0.15) is 36.8 Å². The molecule has 2 amide bonds. The van der Waals surface area contributed by atoms with E-state index in [-0.39, 0.29) is 38.7 Å². The molecule has 3 aromatic carbocycles. The van der Waals surface area contributed by atoms with E-state index in [0.717, 1.165) is 4.90 Å². The monoisotopic (exact) mass is 457 g/mol. The zero-order chi connectivity index (χ0) is 23.8. The van der Waals surface area contributed by atoms with Crippen molar-refractivity contribution < 1.29 is 33.8 Å². The SMILES string of the molecule is O=C(OCc1c(-c2ccccc2)no[n+]1[O-])c1cc(N2C(=O)c3ccccc3C2=O)ccc1O. The maximum absolute atomic E-state index is 12.7. The first-order chi connectivity index (χ1) is 16.5. The summed E-state index contributed by atoms with van der Waals surface area (Å²) >= 11 is 0. The van der Waals surface area contributed by atoms with Crippen LogP contribution in [0.25, 0.3) is 11.3 Å². The number of hydrogen-bond donors (Lipinski definition) is 1. The molecule has 0 spiro atoms. The summed E-state index contributed by atoms with van der Waals surface area (Å²) in [6.07, 6.45) is 0. The fraction of sp³-hybridized carbons (Fsp3) is 0.0417. The number of phenols is 1. The molecular weight excluding hydrogens is 442 g/mol. The van der Waals surface area contributed by atoms with Gasteiger partial charge in [-0.15, -0.1) is 0 Å². The molecule has 1 aliphatic heterocycles. The van der Waals surface area contributed by atoms with Crippen LogP contribution >= 0.6 is 0 Å². The van der Waals surface area contributed by atoms with Crippen LogP contribution in [0.2, 0.25) is 0 Å².